The molecule has 0 bridgehead atoms. The van der Waals surface area contributed by atoms with Crippen molar-refractivity contribution in [1.82, 2.24) is 14.3 Å². The van der Waals surface area contributed by atoms with Gasteiger partial charge in [-0.1, -0.05) is 83.8 Å². The van der Waals surface area contributed by atoms with E-state index in [1.165, 1.54) is 16.6 Å². The first-order valence-corrected chi connectivity index (χ1v) is 12.8. The number of rotatable bonds is 8. The second-order valence-electron chi connectivity index (χ2n) is 9.33. The fourth-order valence-corrected chi connectivity index (χ4v) is 3.06. The molecule has 35 heavy (non-hydrogen) atoms. The highest BCUT2D eigenvalue weighted by molar-refractivity contribution is 7.78. The molecule has 0 radical (unpaired) electrons. The van der Waals surface area contributed by atoms with Gasteiger partial charge in [-0.15, -0.1) is 0 Å². The van der Waals surface area contributed by atoms with Crippen molar-refractivity contribution in [3.63, 3.8) is 0 Å². The van der Waals surface area contributed by atoms with E-state index in [1.54, 1.807) is 0 Å². The number of ether oxygens (including phenoxy) is 2. The maximum Gasteiger partial charge on any atom is 0.417 e. The van der Waals surface area contributed by atoms with Gasteiger partial charge >= 0.3 is 6.09 Å². The van der Waals surface area contributed by atoms with E-state index in [2.05, 4.69) is 102 Å². The van der Waals surface area contributed by atoms with Crippen molar-refractivity contribution in [2.75, 3.05) is 19.8 Å². The summed E-state index contributed by atoms with van der Waals surface area (Å²) < 4.78 is 14.4. The Morgan fingerprint density at radius 3 is 2.20 bits per heavy atom. The summed E-state index contributed by atoms with van der Waals surface area (Å²) in [7, 11) is 0. The number of imidazole rings is 1. The van der Waals surface area contributed by atoms with Gasteiger partial charge in [0, 0.05) is 13.2 Å². The Kier molecular flexibility index (Phi) is 14.8. The smallest absolute Gasteiger partial charge is 0.417 e. The van der Waals surface area contributed by atoms with Crippen molar-refractivity contribution in [2.45, 2.75) is 61.4 Å². The van der Waals surface area contributed by atoms with Gasteiger partial charge in [-0.05, 0) is 55.4 Å². The molecule has 0 aliphatic carbocycles. The minimum atomic E-state index is -0.493. The number of carbonyl (C=O) groups is 1. The van der Waals surface area contributed by atoms with E-state index in [1.807, 2.05) is 26.8 Å². The lowest BCUT2D eigenvalue weighted by atomic mass is 10.1. The average molecular weight is 502 g/mol. The normalized spacial score (nSPS) is 10.5. The van der Waals surface area contributed by atoms with E-state index in [4.69, 9.17) is 4.74 Å². The molecule has 3 rings (SSSR count). The molecule has 0 aliphatic rings. The maximum absolute atomic E-state index is 10.3. The molecule has 7 heteroatoms. The van der Waals surface area contributed by atoms with Crippen molar-refractivity contribution in [3.05, 3.63) is 65.5 Å². The van der Waals surface area contributed by atoms with Crippen LogP contribution in [-0.2, 0) is 22.4 Å². The number of para-hydroxylation sites is 2. The van der Waals surface area contributed by atoms with Crippen molar-refractivity contribution in [3.8, 4) is 0 Å². The standard InChI is InChI=1S/C19H22N2O.C5H11NO2S.C4H10/c1-3-22-13-12-16-8-10-17(11-9-16)14-21-15(2)20-18-6-4-5-7-19(18)21;1-4(2)3-8-5(7)6-9;1-4(2)3/h4-11H,3,12-14H2,1-2H3;4,9H,3H2,1-2H3,(H,6,7);4H,1-3H3. The largest absolute Gasteiger partial charge is 0.449 e. The molecule has 0 atom stereocenters. The number of thiol groups is 1. The van der Waals surface area contributed by atoms with Crippen molar-refractivity contribution in [2.24, 2.45) is 11.8 Å². The van der Waals surface area contributed by atoms with Gasteiger partial charge in [0.05, 0.1) is 24.2 Å². The molecular formula is C28H43N3O3S. The number of hydrogen-bond donors (Lipinski definition) is 2. The van der Waals surface area contributed by atoms with Crippen molar-refractivity contribution < 1.29 is 14.3 Å². The quantitative estimate of drug-likeness (QED) is 0.262. The first-order chi connectivity index (χ1) is 16.7. The molecule has 1 amide bonds. The van der Waals surface area contributed by atoms with Crippen LogP contribution in [0, 0.1) is 18.8 Å². The molecule has 0 aliphatic heterocycles. The van der Waals surface area contributed by atoms with E-state index >= 15 is 0 Å². The van der Waals surface area contributed by atoms with Crippen LogP contribution in [0.5, 0.6) is 0 Å². The lowest BCUT2D eigenvalue weighted by Crippen LogP contribution is -2.17. The second-order valence-corrected chi connectivity index (χ2v) is 9.56. The fraction of sp³-hybridized carbons (Fsp3) is 0.500. The Labute approximate surface area is 217 Å². The number of hydrogen-bond acceptors (Lipinski definition) is 5. The summed E-state index contributed by atoms with van der Waals surface area (Å²) in [5.74, 6) is 2.26. The zero-order valence-corrected chi connectivity index (χ0v) is 23.3. The fourth-order valence-electron chi connectivity index (χ4n) is 3.00. The Morgan fingerprint density at radius 1 is 1.03 bits per heavy atom. The molecule has 3 aromatic rings. The summed E-state index contributed by atoms with van der Waals surface area (Å²) in [5, 5.41) is 0. The van der Waals surface area contributed by atoms with Gasteiger partial charge in [0.2, 0.25) is 0 Å². The van der Waals surface area contributed by atoms with Crippen LogP contribution < -0.4 is 4.72 Å². The SMILES string of the molecule is CC(C)C.CC(C)COC(=O)NS.CCOCCc1ccc(Cn2c(C)nc3ccccc32)cc1. The number of nitrogens with one attached hydrogen (secondary N) is 1. The summed E-state index contributed by atoms with van der Waals surface area (Å²) in [6.45, 7) is 17.4. The summed E-state index contributed by atoms with van der Waals surface area (Å²) in [6, 6.07) is 17.1. The predicted octanol–water partition coefficient (Wildman–Crippen LogP) is 6.85. The topological polar surface area (TPSA) is 65.4 Å². The zero-order chi connectivity index (χ0) is 26.2. The molecule has 0 spiro atoms. The van der Waals surface area contributed by atoms with Gasteiger partial charge in [0.1, 0.15) is 5.82 Å². The molecule has 1 aromatic heterocycles. The summed E-state index contributed by atoms with van der Waals surface area (Å²) >= 11 is 3.49. The zero-order valence-electron chi connectivity index (χ0n) is 22.4. The van der Waals surface area contributed by atoms with Crippen LogP contribution in [0.15, 0.2) is 48.5 Å². The summed E-state index contributed by atoms with van der Waals surface area (Å²) in [5.41, 5.74) is 4.88. The number of aryl methyl sites for hydroxylation is 1. The van der Waals surface area contributed by atoms with E-state index < -0.39 is 6.09 Å². The van der Waals surface area contributed by atoms with E-state index in [0.717, 1.165) is 43.4 Å². The van der Waals surface area contributed by atoms with Gasteiger partial charge < -0.3 is 14.0 Å². The van der Waals surface area contributed by atoms with Crippen molar-refractivity contribution in [1.29, 1.82) is 0 Å². The lowest BCUT2D eigenvalue weighted by molar-refractivity contribution is 0.140. The Hall–Kier alpha value is -2.51. The monoisotopic (exact) mass is 501 g/mol. The highest BCUT2D eigenvalue weighted by Crippen LogP contribution is 2.17. The first kappa shape index (κ1) is 30.5. The maximum atomic E-state index is 10.3. The van der Waals surface area contributed by atoms with Crippen LogP contribution in [0.4, 0.5) is 4.79 Å². The molecule has 0 saturated carbocycles. The van der Waals surface area contributed by atoms with Gasteiger partial charge in [0.25, 0.3) is 0 Å². The van der Waals surface area contributed by atoms with Crippen LogP contribution in [-0.4, -0.2) is 35.5 Å². The molecule has 0 unspecified atom stereocenters. The van der Waals surface area contributed by atoms with Crippen LogP contribution in [0.1, 0.15) is 58.5 Å². The number of amides is 1. The number of carbonyl (C=O) groups excluding carboxylic acids is 1. The number of aromatic nitrogens is 2. The molecule has 1 N–H and O–H groups in total. The highest BCUT2D eigenvalue weighted by Gasteiger charge is 2.07. The van der Waals surface area contributed by atoms with E-state index in [9.17, 15) is 4.79 Å². The lowest BCUT2D eigenvalue weighted by Gasteiger charge is -2.08. The van der Waals surface area contributed by atoms with E-state index in [-0.39, 0.29) is 0 Å². The summed E-state index contributed by atoms with van der Waals surface area (Å²) in [4.78, 5) is 14.9. The van der Waals surface area contributed by atoms with Gasteiger partial charge in [-0.2, -0.15) is 0 Å². The Balaban J connectivity index is 0.000000394. The van der Waals surface area contributed by atoms with Gasteiger partial charge in [0.15, 0.2) is 0 Å². The first-order valence-electron chi connectivity index (χ1n) is 12.3. The number of nitrogens with zero attached hydrogens (tertiary/aromatic N) is 2. The average Bonchev–Trinajstić information content (AvgIpc) is 3.13. The van der Waals surface area contributed by atoms with E-state index in [0.29, 0.717) is 12.5 Å². The molecular weight excluding hydrogens is 458 g/mol. The van der Waals surface area contributed by atoms with Crippen molar-refractivity contribution >= 4 is 29.9 Å². The number of benzene rings is 2. The van der Waals surface area contributed by atoms with Crippen LogP contribution in [0.25, 0.3) is 11.0 Å². The molecule has 6 nitrogen and oxygen atoms in total. The summed E-state index contributed by atoms with van der Waals surface area (Å²) in [6.07, 6.45) is 0.480. The third kappa shape index (κ3) is 12.7. The van der Waals surface area contributed by atoms with Crippen LogP contribution in [0.3, 0.4) is 0 Å². The number of fused-ring (bicyclic) bond motifs is 1. The molecule has 194 valence electrons. The molecule has 0 saturated heterocycles. The molecule has 2 aromatic carbocycles. The highest BCUT2D eigenvalue weighted by atomic mass is 32.1. The van der Waals surface area contributed by atoms with Crippen LogP contribution >= 0.6 is 12.8 Å². The van der Waals surface area contributed by atoms with Gasteiger partial charge in [-0.3, -0.25) is 4.72 Å². The molecule has 1 heterocycles. The third-order valence-electron chi connectivity index (χ3n) is 4.59. The van der Waals surface area contributed by atoms with Gasteiger partial charge in [-0.25, -0.2) is 9.78 Å². The minimum absolute atomic E-state index is 0.371. The van der Waals surface area contributed by atoms with Crippen LogP contribution in [0.2, 0.25) is 0 Å². The molecule has 0 fully saturated rings. The Morgan fingerprint density at radius 2 is 1.63 bits per heavy atom. The second kappa shape index (κ2) is 17.0. The minimum Gasteiger partial charge on any atom is -0.449 e. The predicted molar refractivity (Wildman–Crippen MR) is 149 cm³/mol. The third-order valence-corrected chi connectivity index (χ3v) is 4.77. The Bertz CT molecular complexity index is 982.